The molecule has 1 aliphatic heterocycles. The summed E-state index contributed by atoms with van der Waals surface area (Å²) in [6.07, 6.45) is -3.26. The van der Waals surface area contributed by atoms with Gasteiger partial charge >= 0.3 is 11.9 Å². The first-order chi connectivity index (χ1) is 18.5. The molecule has 0 aliphatic carbocycles. The summed E-state index contributed by atoms with van der Waals surface area (Å²) in [7, 11) is 0. The van der Waals surface area contributed by atoms with Crippen molar-refractivity contribution in [2.45, 2.75) is 19.6 Å². The van der Waals surface area contributed by atoms with Crippen molar-refractivity contribution >= 4 is 57.3 Å². The van der Waals surface area contributed by atoms with E-state index in [2.05, 4.69) is 22.6 Å². The fourth-order valence-electron chi connectivity index (χ4n) is 3.57. The van der Waals surface area contributed by atoms with Gasteiger partial charge in [-0.3, -0.25) is 24.6 Å². The molecule has 0 bridgehead atoms. The number of hydrogen-bond acceptors (Lipinski definition) is 7. The zero-order chi connectivity index (χ0) is 28.3. The number of thioether (sulfide) groups is 1. The van der Waals surface area contributed by atoms with Gasteiger partial charge < -0.3 is 9.47 Å². The number of nitrogens with zero attached hydrogens (tertiary/aromatic N) is 2. The van der Waals surface area contributed by atoms with Crippen molar-refractivity contribution < 1.29 is 37.2 Å². The number of nitro groups is 1. The number of alkyl halides is 3. The first-order valence-corrected chi connectivity index (χ1v) is 13.2. The molecule has 1 saturated heterocycles. The molecule has 8 nitrogen and oxygen atoms in total. The number of rotatable bonds is 8. The van der Waals surface area contributed by atoms with Gasteiger partial charge in [-0.15, -0.1) is 0 Å². The first kappa shape index (κ1) is 28.4. The van der Waals surface area contributed by atoms with E-state index in [-0.39, 0.29) is 29.6 Å². The number of carbonyl (C=O) groups excluding carboxylic acids is 2. The molecule has 0 spiro atoms. The van der Waals surface area contributed by atoms with Gasteiger partial charge in [-0.2, -0.15) is 13.2 Å². The first-order valence-electron chi connectivity index (χ1n) is 11.3. The molecule has 1 fully saturated rings. The summed E-state index contributed by atoms with van der Waals surface area (Å²) in [6.45, 7) is 2.00. The summed E-state index contributed by atoms with van der Waals surface area (Å²) in [5, 5.41) is 11.0. The zero-order valence-corrected chi connectivity index (χ0v) is 23.0. The van der Waals surface area contributed by atoms with Crippen LogP contribution in [0.4, 0.5) is 23.7 Å². The zero-order valence-electron chi connectivity index (χ0n) is 20.0. The lowest BCUT2D eigenvalue weighted by Gasteiger charge is -2.14. The lowest BCUT2D eigenvalue weighted by molar-refractivity contribution is -0.385. The molecule has 39 heavy (non-hydrogen) atoms. The quantitative estimate of drug-likeness (QED) is 0.105. The lowest BCUT2D eigenvalue weighted by Crippen LogP contribution is -2.27. The highest BCUT2D eigenvalue weighted by molar-refractivity contribution is 14.1. The Morgan fingerprint density at radius 2 is 1.72 bits per heavy atom. The summed E-state index contributed by atoms with van der Waals surface area (Å²) in [5.74, 6) is -0.706. The van der Waals surface area contributed by atoms with Crippen LogP contribution in [0.2, 0.25) is 0 Å². The van der Waals surface area contributed by atoms with Gasteiger partial charge in [-0.1, -0.05) is 18.2 Å². The van der Waals surface area contributed by atoms with Gasteiger partial charge in [0.1, 0.15) is 0 Å². The van der Waals surface area contributed by atoms with Gasteiger partial charge in [0.15, 0.2) is 11.5 Å². The minimum absolute atomic E-state index is 0.0173. The average molecular weight is 670 g/mol. The van der Waals surface area contributed by atoms with Crippen molar-refractivity contribution in [2.75, 3.05) is 6.61 Å². The molecule has 0 radical (unpaired) electrons. The van der Waals surface area contributed by atoms with Crippen LogP contribution >= 0.6 is 34.4 Å². The molecule has 0 aromatic heterocycles. The van der Waals surface area contributed by atoms with Crippen LogP contribution in [0.15, 0.2) is 65.6 Å². The molecule has 1 aliphatic rings. The van der Waals surface area contributed by atoms with E-state index in [1.54, 1.807) is 6.92 Å². The minimum Gasteiger partial charge on any atom is -0.490 e. The molecule has 202 valence electrons. The average Bonchev–Trinajstić information content (AvgIpc) is 3.13. The molecule has 2 amide bonds. The van der Waals surface area contributed by atoms with Crippen molar-refractivity contribution in [3.05, 3.63) is 95.9 Å². The maximum atomic E-state index is 13.0. The molecule has 4 rings (SSSR count). The van der Waals surface area contributed by atoms with E-state index in [1.807, 2.05) is 24.3 Å². The molecule has 3 aromatic carbocycles. The highest BCUT2D eigenvalue weighted by Gasteiger charge is 2.35. The van der Waals surface area contributed by atoms with E-state index in [4.69, 9.17) is 9.47 Å². The van der Waals surface area contributed by atoms with Gasteiger partial charge in [-0.25, -0.2) is 0 Å². The highest BCUT2D eigenvalue weighted by Crippen LogP contribution is 2.41. The maximum absolute atomic E-state index is 13.0. The lowest BCUT2D eigenvalue weighted by atomic mass is 10.1. The van der Waals surface area contributed by atoms with E-state index < -0.39 is 39.2 Å². The maximum Gasteiger partial charge on any atom is 0.416 e. The summed E-state index contributed by atoms with van der Waals surface area (Å²) in [4.78, 5) is 37.2. The molecule has 0 saturated carbocycles. The van der Waals surface area contributed by atoms with Crippen LogP contribution < -0.4 is 9.47 Å². The largest absolute Gasteiger partial charge is 0.490 e. The van der Waals surface area contributed by atoms with E-state index in [0.29, 0.717) is 17.7 Å². The fourth-order valence-corrected chi connectivity index (χ4v) is 4.77. The van der Waals surface area contributed by atoms with Gasteiger partial charge in [0.25, 0.3) is 11.1 Å². The van der Waals surface area contributed by atoms with Gasteiger partial charge in [0.2, 0.25) is 5.75 Å². The number of imide groups is 1. The Labute approximate surface area is 238 Å². The van der Waals surface area contributed by atoms with Gasteiger partial charge in [0.05, 0.1) is 28.5 Å². The molecular weight excluding hydrogens is 652 g/mol. The van der Waals surface area contributed by atoms with Crippen molar-refractivity contribution in [1.29, 1.82) is 0 Å². The van der Waals surface area contributed by atoms with Gasteiger partial charge in [0, 0.05) is 9.64 Å². The van der Waals surface area contributed by atoms with Crippen LogP contribution in [0.3, 0.4) is 0 Å². The van der Waals surface area contributed by atoms with Crippen molar-refractivity contribution in [1.82, 2.24) is 4.90 Å². The van der Waals surface area contributed by atoms with E-state index >= 15 is 0 Å². The van der Waals surface area contributed by atoms with Crippen molar-refractivity contribution in [3.63, 3.8) is 0 Å². The number of amides is 2. The predicted octanol–water partition coefficient (Wildman–Crippen LogP) is 7.65. The van der Waals surface area contributed by atoms with Crippen LogP contribution in [0.5, 0.6) is 17.2 Å². The Balaban J connectivity index is 1.59. The number of carbonyl (C=O) groups is 2. The normalized spacial score (nSPS) is 14.7. The predicted molar refractivity (Wildman–Crippen MR) is 146 cm³/mol. The molecule has 0 N–H and O–H groups in total. The SMILES string of the molecule is CCOc1cc(/C=C2/SC(=O)N(Cc3ccc(I)cc3)C2=O)ccc1Oc1ccc(C(F)(F)F)cc1[N+](=O)[O-]. The van der Waals surface area contributed by atoms with Crippen LogP contribution in [0.25, 0.3) is 6.08 Å². The number of ether oxygens (including phenoxy) is 2. The van der Waals surface area contributed by atoms with E-state index in [1.165, 1.54) is 24.3 Å². The summed E-state index contributed by atoms with van der Waals surface area (Å²) < 4.78 is 51.3. The second-order valence-electron chi connectivity index (χ2n) is 8.07. The fraction of sp³-hybridized carbons (Fsp3) is 0.154. The summed E-state index contributed by atoms with van der Waals surface area (Å²) in [6, 6.07) is 13.8. The molecule has 1 heterocycles. The third-order valence-corrected chi connectivity index (χ3v) is 7.02. The number of benzene rings is 3. The molecule has 13 heteroatoms. The molecular formula is C26H18F3IN2O6S. The van der Waals surface area contributed by atoms with Crippen LogP contribution in [-0.2, 0) is 17.5 Å². The van der Waals surface area contributed by atoms with E-state index in [0.717, 1.165) is 31.9 Å². The van der Waals surface area contributed by atoms with Crippen LogP contribution in [0, 0.1) is 13.7 Å². The number of hydrogen-bond donors (Lipinski definition) is 0. The van der Waals surface area contributed by atoms with Crippen molar-refractivity contribution in [3.8, 4) is 17.2 Å². The Bertz CT molecular complexity index is 1480. The number of nitro benzene ring substituents is 1. The second kappa shape index (κ2) is 11.7. The molecule has 0 unspecified atom stereocenters. The van der Waals surface area contributed by atoms with E-state index in [9.17, 15) is 32.9 Å². The third kappa shape index (κ3) is 6.71. The molecule has 0 atom stereocenters. The Morgan fingerprint density at radius 1 is 1.03 bits per heavy atom. The summed E-state index contributed by atoms with van der Waals surface area (Å²) >= 11 is 2.95. The standard InChI is InChI=1S/C26H18F3IN2O6S/c1-2-37-22-11-16(12-23-24(33)31(25(34)39-23)14-15-3-7-18(30)8-4-15)5-9-21(22)38-20-10-6-17(26(27,28)29)13-19(20)32(35)36/h3-13H,2,14H2,1H3/b23-12+. The topological polar surface area (TPSA) is 99.0 Å². The Kier molecular flexibility index (Phi) is 8.49. The molecule has 3 aromatic rings. The monoisotopic (exact) mass is 670 g/mol. The minimum atomic E-state index is -4.76. The highest BCUT2D eigenvalue weighted by atomic mass is 127. The second-order valence-corrected chi connectivity index (χ2v) is 10.3. The van der Waals surface area contributed by atoms with Crippen molar-refractivity contribution in [2.24, 2.45) is 0 Å². The van der Waals surface area contributed by atoms with Crippen LogP contribution in [0.1, 0.15) is 23.6 Å². The smallest absolute Gasteiger partial charge is 0.416 e. The Morgan fingerprint density at radius 3 is 2.36 bits per heavy atom. The van der Waals surface area contributed by atoms with Gasteiger partial charge in [-0.05, 0) is 94.9 Å². The third-order valence-electron chi connectivity index (χ3n) is 5.40. The van der Waals surface area contributed by atoms with Crippen LogP contribution in [-0.4, -0.2) is 27.6 Å². The number of halogens is 4. The summed E-state index contributed by atoms with van der Waals surface area (Å²) in [5.41, 5.74) is -0.764. The Hall–Kier alpha value is -3.59.